The number of benzene rings is 1. The summed E-state index contributed by atoms with van der Waals surface area (Å²) in [6, 6.07) is 2.92. The fraction of sp³-hybridized carbons (Fsp3) is 0.200. The molecule has 1 aromatic carbocycles. The third-order valence-electron chi connectivity index (χ3n) is 1.61. The first-order chi connectivity index (χ1) is 7.99. The predicted octanol–water partition coefficient (Wildman–Crippen LogP) is 1.09. The zero-order chi connectivity index (χ0) is 12.8. The van der Waals surface area contributed by atoms with Gasteiger partial charge in [0, 0.05) is 4.90 Å². The Kier molecular flexibility index (Phi) is 4.89. The van der Waals surface area contributed by atoms with Crippen molar-refractivity contribution in [2.45, 2.75) is 4.90 Å². The largest absolute Gasteiger partial charge is 0.455 e. The van der Waals surface area contributed by atoms with Crippen LogP contribution in [0.4, 0.5) is 8.78 Å². The molecule has 0 saturated heterocycles. The van der Waals surface area contributed by atoms with E-state index in [1.54, 1.807) is 0 Å². The van der Waals surface area contributed by atoms with Crippen LogP contribution in [0.3, 0.4) is 0 Å². The Morgan fingerprint density at radius 3 is 2.71 bits per heavy atom. The number of carbonyl (C=O) groups is 2. The average Bonchev–Trinajstić information content (AvgIpc) is 2.27. The van der Waals surface area contributed by atoms with Crippen molar-refractivity contribution >= 4 is 23.6 Å². The molecule has 0 aliphatic heterocycles. The summed E-state index contributed by atoms with van der Waals surface area (Å²) in [5.74, 6) is -2.95. The van der Waals surface area contributed by atoms with Crippen molar-refractivity contribution in [3.8, 4) is 0 Å². The van der Waals surface area contributed by atoms with Gasteiger partial charge in [-0.15, -0.1) is 11.8 Å². The highest BCUT2D eigenvalue weighted by Gasteiger charge is 2.09. The molecule has 0 atom stereocenters. The van der Waals surface area contributed by atoms with Crippen LogP contribution in [0.5, 0.6) is 0 Å². The number of esters is 1. The number of primary amides is 1. The van der Waals surface area contributed by atoms with E-state index in [1.807, 2.05) is 0 Å². The number of halogens is 2. The first-order valence-electron chi connectivity index (χ1n) is 4.51. The van der Waals surface area contributed by atoms with Crippen molar-refractivity contribution in [3.05, 3.63) is 29.8 Å². The van der Waals surface area contributed by atoms with E-state index in [2.05, 4.69) is 4.74 Å². The minimum Gasteiger partial charge on any atom is -0.455 e. The lowest BCUT2D eigenvalue weighted by Gasteiger charge is -2.03. The molecule has 17 heavy (non-hydrogen) atoms. The van der Waals surface area contributed by atoms with Gasteiger partial charge in [-0.05, 0) is 18.2 Å². The van der Waals surface area contributed by atoms with Gasteiger partial charge in [-0.25, -0.2) is 8.78 Å². The van der Waals surface area contributed by atoms with Crippen molar-refractivity contribution in [3.63, 3.8) is 0 Å². The third-order valence-corrected chi connectivity index (χ3v) is 2.62. The van der Waals surface area contributed by atoms with Gasteiger partial charge in [-0.2, -0.15) is 0 Å². The Bertz CT molecular complexity index is 440. The number of hydrogen-bond acceptors (Lipinski definition) is 4. The van der Waals surface area contributed by atoms with Gasteiger partial charge in [0.05, 0.1) is 5.75 Å². The zero-order valence-electron chi connectivity index (χ0n) is 8.61. The second kappa shape index (κ2) is 6.19. The monoisotopic (exact) mass is 261 g/mol. The predicted molar refractivity (Wildman–Crippen MR) is 57.2 cm³/mol. The number of nitrogens with two attached hydrogens (primary N) is 1. The summed E-state index contributed by atoms with van der Waals surface area (Å²) in [5, 5.41) is 0. The lowest BCUT2D eigenvalue weighted by molar-refractivity contribution is -0.145. The number of thioether (sulfide) groups is 1. The SMILES string of the molecule is NC(=O)COC(=O)CSc1cc(F)ccc1F. The summed E-state index contributed by atoms with van der Waals surface area (Å²) < 4.78 is 30.3. The molecule has 0 radical (unpaired) electrons. The summed E-state index contributed by atoms with van der Waals surface area (Å²) >= 11 is 0.779. The van der Waals surface area contributed by atoms with Crippen molar-refractivity contribution in [2.24, 2.45) is 5.73 Å². The van der Waals surface area contributed by atoms with Crippen LogP contribution in [0.25, 0.3) is 0 Å². The van der Waals surface area contributed by atoms with Crippen LogP contribution in [-0.4, -0.2) is 24.2 Å². The minimum absolute atomic E-state index is 0.000949. The highest BCUT2D eigenvalue weighted by atomic mass is 32.2. The van der Waals surface area contributed by atoms with Crippen molar-refractivity contribution in [1.29, 1.82) is 0 Å². The summed E-state index contributed by atoms with van der Waals surface area (Å²) in [5.41, 5.74) is 4.76. The van der Waals surface area contributed by atoms with Gasteiger partial charge < -0.3 is 10.5 Å². The molecule has 92 valence electrons. The van der Waals surface area contributed by atoms with Gasteiger partial charge in [0.2, 0.25) is 0 Å². The Morgan fingerprint density at radius 2 is 2.06 bits per heavy atom. The molecule has 1 rings (SSSR count). The lowest BCUT2D eigenvalue weighted by atomic mass is 10.3. The normalized spacial score (nSPS) is 10.0. The van der Waals surface area contributed by atoms with Crippen molar-refractivity contribution in [2.75, 3.05) is 12.4 Å². The van der Waals surface area contributed by atoms with Gasteiger partial charge in [0.1, 0.15) is 11.6 Å². The molecule has 0 unspecified atom stereocenters. The minimum atomic E-state index is -0.778. The Hall–Kier alpha value is -1.63. The molecule has 0 spiro atoms. The maximum Gasteiger partial charge on any atom is 0.316 e. The number of ether oxygens (including phenoxy) is 1. The molecule has 4 nitrogen and oxygen atoms in total. The van der Waals surface area contributed by atoms with Gasteiger partial charge in [-0.1, -0.05) is 0 Å². The fourth-order valence-corrected chi connectivity index (χ4v) is 1.68. The molecule has 0 fully saturated rings. The Labute approximate surface area is 100 Å². The molecule has 0 aliphatic rings. The van der Waals surface area contributed by atoms with E-state index < -0.39 is 30.1 Å². The van der Waals surface area contributed by atoms with Crippen molar-refractivity contribution < 1.29 is 23.1 Å². The van der Waals surface area contributed by atoms with Crippen molar-refractivity contribution in [1.82, 2.24) is 0 Å². The Morgan fingerprint density at radius 1 is 1.35 bits per heavy atom. The van der Waals surface area contributed by atoms with E-state index in [0.29, 0.717) is 0 Å². The van der Waals surface area contributed by atoms with Gasteiger partial charge in [0.25, 0.3) is 5.91 Å². The first kappa shape index (κ1) is 13.4. The molecule has 2 N–H and O–H groups in total. The standard InChI is InChI=1S/C10H9F2NO3S/c11-6-1-2-7(12)8(3-6)17-5-10(15)16-4-9(13)14/h1-3H,4-5H2,(H2,13,14). The second-order valence-electron chi connectivity index (χ2n) is 2.99. The van der Waals surface area contributed by atoms with Gasteiger partial charge in [0.15, 0.2) is 6.61 Å². The van der Waals surface area contributed by atoms with E-state index in [1.165, 1.54) is 0 Å². The quantitative estimate of drug-likeness (QED) is 0.636. The molecule has 0 bridgehead atoms. The zero-order valence-corrected chi connectivity index (χ0v) is 9.43. The average molecular weight is 261 g/mol. The van der Waals surface area contributed by atoms with E-state index in [-0.39, 0.29) is 10.6 Å². The number of amides is 1. The highest BCUT2D eigenvalue weighted by molar-refractivity contribution is 8.00. The van der Waals surface area contributed by atoms with E-state index >= 15 is 0 Å². The molecular formula is C10H9F2NO3S. The van der Waals surface area contributed by atoms with Crippen LogP contribution in [0.2, 0.25) is 0 Å². The molecule has 0 aromatic heterocycles. The molecule has 1 aromatic rings. The maximum absolute atomic E-state index is 13.1. The maximum atomic E-state index is 13.1. The van der Waals surface area contributed by atoms with Crippen LogP contribution >= 0.6 is 11.8 Å². The summed E-state index contributed by atoms with van der Waals surface area (Å²) in [6.45, 7) is -0.523. The first-order valence-corrected chi connectivity index (χ1v) is 5.49. The van der Waals surface area contributed by atoms with Crippen LogP contribution < -0.4 is 5.73 Å². The summed E-state index contributed by atoms with van der Waals surface area (Å²) in [4.78, 5) is 21.4. The lowest BCUT2D eigenvalue weighted by Crippen LogP contribution is -2.21. The van der Waals surface area contributed by atoms with Gasteiger partial charge in [-0.3, -0.25) is 9.59 Å². The molecule has 0 aliphatic carbocycles. The van der Waals surface area contributed by atoms with Crippen LogP contribution in [0.15, 0.2) is 23.1 Å². The third kappa shape index (κ3) is 4.81. The summed E-state index contributed by atoms with van der Waals surface area (Å²) in [6.07, 6.45) is 0. The fourth-order valence-electron chi connectivity index (χ4n) is 0.918. The van der Waals surface area contributed by atoms with Crippen LogP contribution in [0.1, 0.15) is 0 Å². The number of rotatable bonds is 5. The summed E-state index contributed by atoms with van der Waals surface area (Å²) in [7, 11) is 0. The smallest absolute Gasteiger partial charge is 0.316 e. The molecule has 0 saturated carbocycles. The van der Waals surface area contributed by atoms with Crippen LogP contribution in [0, 0.1) is 11.6 Å². The second-order valence-corrected chi connectivity index (χ2v) is 4.01. The topological polar surface area (TPSA) is 69.4 Å². The van der Waals surface area contributed by atoms with E-state index in [4.69, 9.17) is 5.73 Å². The van der Waals surface area contributed by atoms with Crippen LogP contribution in [-0.2, 0) is 14.3 Å². The number of carbonyl (C=O) groups excluding carboxylic acids is 2. The van der Waals surface area contributed by atoms with Gasteiger partial charge >= 0.3 is 5.97 Å². The highest BCUT2D eigenvalue weighted by Crippen LogP contribution is 2.22. The molecule has 0 heterocycles. The molecular weight excluding hydrogens is 252 g/mol. The van der Waals surface area contributed by atoms with E-state index in [0.717, 1.165) is 30.0 Å². The number of hydrogen-bond donors (Lipinski definition) is 1. The van der Waals surface area contributed by atoms with E-state index in [9.17, 15) is 18.4 Å². The molecule has 1 amide bonds. The Balaban J connectivity index is 2.47. The molecule has 7 heteroatoms.